The number of benzene rings is 1. The average Bonchev–Trinajstić information content (AvgIpc) is 2.51. The zero-order valence-electron chi connectivity index (χ0n) is 11.2. The van der Waals surface area contributed by atoms with Crippen LogP contribution in [-0.2, 0) is 6.42 Å². The molecule has 1 aromatic carbocycles. The maximum Gasteiger partial charge on any atom is 0.212 e. The second-order valence-corrected chi connectivity index (χ2v) is 5.24. The van der Waals surface area contributed by atoms with Crippen molar-refractivity contribution in [2.75, 3.05) is 7.11 Å². The molecule has 3 N–H and O–H groups in total. The Hall–Kier alpha value is -1.57. The number of aromatic nitrogens is 1. The molecular formula is C14H14BrF2N3O. The molecule has 0 spiro atoms. The van der Waals surface area contributed by atoms with E-state index in [0.29, 0.717) is 5.88 Å². The van der Waals surface area contributed by atoms with E-state index in [1.165, 1.54) is 19.2 Å². The summed E-state index contributed by atoms with van der Waals surface area (Å²) >= 11 is 3.04. The molecule has 1 atom stereocenters. The predicted molar refractivity (Wildman–Crippen MR) is 78.6 cm³/mol. The lowest BCUT2D eigenvalue weighted by molar-refractivity contribution is 0.397. The fourth-order valence-electron chi connectivity index (χ4n) is 1.99. The summed E-state index contributed by atoms with van der Waals surface area (Å²) in [6.07, 6.45) is 1.87. The summed E-state index contributed by atoms with van der Waals surface area (Å²) in [4.78, 5) is 4.05. The number of nitrogens with two attached hydrogens (primary N) is 1. The molecule has 0 bridgehead atoms. The molecule has 7 heteroatoms. The van der Waals surface area contributed by atoms with Crippen molar-refractivity contribution >= 4 is 15.9 Å². The Morgan fingerprint density at radius 3 is 2.67 bits per heavy atom. The van der Waals surface area contributed by atoms with Crippen LogP contribution in [0.1, 0.15) is 17.2 Å². The third-order valence-electron chi connectivity index (χ3n) is 3.08. The molecule has 0 saturated heterocycles. The van der Waals surface area contributed by atoms with Crippen molar-refractivity contribution in [1.82, 2.24) is 10.4 Å². The molecule has 0 aliphatic heterocycles. The van der Waals surface area contributed by atoms with Crippen molar-refractivity contribution in [3.8, 4) is 5.88 Å². The molecule has 112 valence electrons. The van der Waals surface area contributed by atoms with Gasteiger partial charge in [-0.25, -0.2) is 13.8 Å². The lowest BCUT2D eigenvalue weighted by Crippen LogP contribution is -2.31. The lowest BCUT2D eigenvalue weighted by Gasteiger charge is -2.18. The Bertz CT molecular complexity index is 622. The predicted octanol–water partition coefficient (Wildman–Crippen LogP) is 2.88. The molecule has 2 aromatic rings. The minimum absolute atomic E-state index is 0.109. The molecule has 0 aliphatic rings. The molecule has 1 aromatic heterocycles. The van der Waals surface area contributed by atoms with Gasteiger partial charge in [-0.2, -0.15) is 0 Å². The summed E-state index contributed by atoms with van der Waals surface area (Å²) in [5, 5.41) is 0. The Kier molecular flexibility index (Phi) is 5.22. The first-order valence-electron chi connectivity index (χ1n) is 6.15. The van der Waals surface area contributed by atoms with Gasteiger partial charge in [0.2, 0.25) is 5.88 Å². The standard InChI is InChI=1S/C14H14BrF2N3O/c1-21-12-5-2-8(7-19-12)6-11(20-18)13-10(16)4-3-9(15)14(13)17/h2-5,7,11,20H,6,18H2,1H3. The highest BCUT2D eigenvalue weighted by Crippen LogP contribution is 2.28. The van der Waals surface area contributed by atoms with Gasteiger partial charge >= 0.3 is 0 Å². The molecule has 0 aliphatic carbocycles. The molecular weight excluding hydrogens is 344 g/mol. The summed E-state index contributed by atoms with van der Waals surface area (Å²) in [6, 6.07) is 5.24. The summed E-state index contributed by atoms with van der Waals surface area (Å²) in [5.41, 5.74) is 3.11. The fraction of sp³-hybridized carbons (Fsp3) is 0.214. The Morgan fingerprint density at radius 1 is 1.33 bits per heavy atom. The highest BCUT2D eigenvalue weighted by molar-refractivity contribution is 9.10. The first-order chi connectivity index (χ1) is 10.1. The third kappa shape index (κ3) is 3.55. The number of hydrogen-bond donors (Lipinski definition) is 2. The molecule has 1 unspecified atom stereocenters. The van der Waals surface area contributed by atoms with Crippen LogP contribution in [0.3, 0.4) is 0 Å². The van der Waals surface area contributed by atoms with Crippen LogP contribution in [0.4, 0.5) is 8.78 Å². The van der Waals surface area contributed by atoms with E-state index < -0.39 is 17.7 Å². The highest BCUT2D eigenvalue weighted by atomic mass is 79.9. The number of methoxy groups -OCH3 is 1. The van der Waals surface area contributed by atoms with Crippen LogP contribution < -0.4 is 16.0 Å². The van der Waals surface area contributed by atoms with E-state index in [2.05, 4.69) is 26.3 Å². The smallest absolute Gasteiger partial charge is 0.212 e. The minimum Gasteiger partial charge on any atom is -0.481 e. The number of pyridine rings is 1. The third-order valence-corrected chi connectivity index (χ3v) is 3.69. The maximum absolute atomic E-state index is 14.1. The van der Waals surface area contributed by atoms with Crippen LogP contribution in [0.15, 0.2) is 34.9 Å². The Balaban J connectivity index is 2.29. The van der Waals surface area contributed by atoms with E-state index in [9.17, 15) is 8.78 Å². The summed E-state index contributed by atoms with van der Waals surface area (Å²) in [6.45, 7) is 0. The lowest BCUT2D eigenvalue weighted by atomic mass is 9.99. The number of nitrogens with zero attached hydrogens (tertiary/aromatic N) is 1. The number of hydrazine groups is 1. The zero-order chi connectivity index (χ0) is 15.4. The maximum atomic E-state index is 14.1. The summed E-state index contributed by atoms with van der Waals surface area (Å²) in [5.74, 6) is 4.60. The first kappa shape index (κ1) is 15.8. The second kappa shape index (κ2) is 6.93. The van der Waals surface area contributed by atoms with Gasteiger partial charge in [-0.05, 0) is 40.0 Å². The summed E-state index contributed by atoms with van der Waals surface area (Å²) in [7, 11) is 1.51. The van der Waals surface area contributed by atoms with E-state index in [4.69, 9.17) is 10.6 Å². The number of hydrogen-bond acceptors (Lipinski definition) is 4. The molecule has 0 radical (unpaired) electrons. The molecule has 0 fully saturated rings. The number of halogens is 3. The van der Waals surface area contributed by atoms with Crippen LogP contribution in [0.25, 0.3) is 0 Å². The van der Waals surface area contributed by atoms with Crippen molar-refractivity contribution in [2.45, 2.75) is 12.5 Å². The number of rotatable bonds is 5. The SMILES string of the molecule is COc1ccc(CC(NN)c2c(F)ccc(Br)c2F)cn1. The van der Waals surface area contributed by atoms with Gasteiger partial charge in [-0.3, -0.25) is 11.3 Å². The second-order valence-electron chi connectivity index (χ2n) is 4.39. The Labute approximate surface area is 129 Å². The zero-order valence-corrected chi connectivity index (χ0v) is 12.8. The number of nitrogens with one attached hydrogen (secondary N) is 1. The van der Waals surface area contributed by atoms with Gasteiger partial charge in [0, 0.05) is 17.8 Å². The van der Waals surface area contributed by atoms with Crippen molar-refractivity contribution in [3.05, 3.63) is 57.7 Å². The van der Waals surface area contributed by atoms with Crippen LogP contribution >= 0.6 is 15.9 Å². The molecule has 4 nitrogen and oxygen atoms in total. The van der Waals surface area contributed by atoms with Crippen molar-refractivity contribution in [3.63, 3.8) is 0 Å². The van der Waals surface area contributed by atoms with E-state index in [1.54, 1.807) is 18.3 Å². The topological polar surface area (TPSA) is 60.2 Å². The molecule has 0 amide bonds. The minimum atomic E-state index is -0.710. The quantitative estimate of drug-likeness (QED) is 0.490. The fourth-order valence-corrected chi connectivity index (χ4v) is 2.34. The van der Waals surface area contributed by atoms with Gasteiger partial charge in [0.25, 0.3) is 0 Å². The van der Waals surface area contributed by atoms with Gasteiger partial charge in [0.15, 0.2) is 0 Å². The van der Waals surface area contributed by atoms with Crippen molar-refractivity contribution < 1.29 is 13.5 Å². The van der Waals surface area contributed by atoms with E-state index in [1.807, 2.05) is 0 Å². The van der Waals surface area contributed by atoms with Crippen LogP contribution in [0, 0.1) is 11.6 Å². The van der Waals surface area contributed by atoms with Gasteiger partial charge < -0.3 is 4.74 Å². The molecule has 21 heavy (non-hydrogen) atoms. The molecule has 2 rings (SSSR count). The van der Waals surface area contributed by atoms with Crippen molar-refractivity contribution in [2.24, 2.45) is 5.84 Å². The molecule has 1 heterocycles. The van der Waals surface area contributed by atoms with Crippen molar-refractivity contribution in [1.29, 1.82) is 0 Å². The monoisotopic (exact) mass is 357 g/mol. The normalized spacial score (nSPS) is 12.2. The first-order valence-corrected chi connectivity index (χ1v) is 6.94. The van der Waals surface area contributed by atoms with Crippen LogP contribution in [0.2, 0.25) is 0 Å². The largest absolute Gasteiger partial charge is 0.481 e. The summed E-state index contributed by atoms with van der Waals surface area (Å²) < 4.78 is 33.1. The highest BCUT2D eigenvalue weighted by Gasteiger charge is 2.21. The average molecular weight is 358 g/mol. The van der Waals surface area contributed by atoms with Gasteiger partial charge in [0.05, 0.1) is 17.6 Å². The van der Waals surface area contributed by atoms with Crippen LogP contribution in [0.5, 0.6) is 5.88 Å². The van der Waals surface area contributed by atoms with E-state index >= 15 is 0 Å². The van der Waals surface area contributed by atoms with Crippen LogP contribution in [-0.4, -0.2) is 12.1 Å². The van der Waals surface area contributed by atoms with E-state index in [0.717, 1.165) is 5.56 Å². The van der Waals surface area contributed by atoms with E-state index in [-0.39, 0.29) is 16.5 Å². The number of ether oxygens (including phenoxy) is 1. The van der Waals surface area contributed by atoms with Gasteiger partial charge in [-0.15, -0.1) is 0 Å². The molecule has 0 saturated carbocycles. The van der Waals surface area contributed by atoms with Gasteiger partial charge in [-0.1, -0.05) is 6.07 Å². The van der Waals surface area contributed by atoms with Gasteiger partial charge in [0.1, 0.15) is 11.6 Å². The Morgan fingerprint density at radius 2 is 2.10 bits per heavy atom.